The molecule has 0 amide bonds. The molecule has 3 nitrogen and oxygen atoms in total. The van der Waals surface area contributed by atoms with Gasteiger partial charge in [0.05, 0.1) is 7.11 Å². The van der Waals surface area contributed by atoms with Crippen LogP contribution in [0.2, 0.25) is 0 Å². The fourth-order valence-electron chi connectivity index (χ4n) is 1.18. The van der Waals surface area contributed by atoms with Gasteiger partial charge in [-0.05, 0) is 17.7 Å². The lowest BCUT2D eigenvalue weighted by Gasteiger charge is -2.06. The van der Waals surface area contributed by atoms with Crippen molar-refractivity contribution in [2.24, 2.45) is 0 Å². The summed E-state index contributed by atoms with van der Waals surface area (Å²) in [5, 5.41) is 9.44. The number of ether oxygens (including phenoxy) is 1. The summed E-state index contributed by atoms with van der Waals surface area (Å²) in [5.74, 6) is 0.638. The van der Waals surface area contributed by atoms with Crippen molar-refractivity contribution < 1.29 is 14.6 Å². The standard InChI is InChI=1S/C11H11ClO3/c1-15-11-6-8(3-2-4-12)9(7-13)5-10(11)14/h2-3,5-7,14H,4H2,1H3. The number of halogens is 1. The van der Waals surface area contributed by atoms with E-state index in [2.05, 4.69) is 0 Å². The highest BCUT2D eigenvalue weighted by Crippen LogP contribution is 2.29. The second-order valence-electron chi connectivity index (χ2n) is 2.83. The van der Waals surface area contributed by atoms with Crippen LogP contribution in [0.5, 0.6) is 11.5 Å². The van der Waals surface area contributed by atoms with Crippen molar-refractivity contribution in [3.63, 3.8) is 0 Å². The van der Waals surface area contributed by atoms with Gasteiger partial charge >= 0.3 is 0 Å². The van der Waals surface area contributed by atoms with Crippen molar-refractivity contribution >= 4 is 24.0 Å². The largest absolute Gasteiger partial charge is 0.504 e. The maximum absolute atomic E-state index is 10.7. The number of methoxy groups -OCH3 is 1. The number of alkyl halides is 1. The number of phenolic OH excluding ortho intramolecular Hbond substituents is 1. The van der Waals surface area contributed by atoms with E-state index in [0.29, 0.717) is 29.0 Å². The molecule has 0 fully saturated rings. The Hall–Kier alpha value is -1.48. The normalized spacial score (nSPS) is 10.5. The van der Waals surface area contributed by atoms with Crippen LogP contribution in [0.1, 0.15) is 15.9 Å². The molecule has 0 aliphatic heterocycles. The van der Waals surface area contributed by atoms with Gasteiger partial charge in [-0.2, -0.15) is 0 Å². The number of phenols is 1. The molecule has 80 valence electrons. The number of hydrogen-bond donors (Lipinski definition) is 1. The molecule has 4 heteroatoms. The van der Waals surface area contributed by atoms with Crippen LogP contribution in [0.25, 0.3) is 6.08 Å². The van der Waals surface area contributed by atoms with Crippen LogP contribution in [-0.4, -0.2) is 24.4 Å². The fourth-order valence-corrected chi connectivity index (χ4v) is 1.27. The molecule has 0 saturated heterocycles. The van der Waals surface area contributed by atoms with E-state index in [9.17, 15) is 9.90 Å². The predicted octanol–water partition coefficient (Wildman–Crippen LogP) is 2.47. The van der Waals surface area contributed by atoms with E-state index in [4.69, 9.17) is 16.3 Å². The summed E-state index contributed by atoms with van der Waals surface area (Å²) in [5.41, 5.74) is 1.06. The lowest BCUT2D eigenvalue weighted by molar-refractivity contribution is 0.112. The molecule has 0 aliphatic rings. The number of rotatable bonds is 4. The van der Waals surface area contributed by atoms with E-state index in [1.54, 1.807) is 18.2 Å². The lowest BCUT2D eigenvalue weighted by atomic mass is 10.1. The van der Waals surface area contributed by atoms with Gasteiger partial charge in [-0.1, -0.05) is 12.2 Å². The van der Waals surface area contributed by atoms with Crippen molar-refractivity contribution in [2.75, 3.05) is 13.0 Å². The average Bonchev–Trinajstić information content (AvgIpc) is 2.26. The number of carbonyl (C=O) groups is 1. The molecule has 0 bridgehead atoms. The number of carbonyl (C=O) groups excluding carboxylic acids is 1. The first-order valence-electron chi connectivity index (χ1n) is 4.31. The molecule has 0 atom stereocenters. The Kier molecular flexibility index (Phi) is 4.18. The Morgan fingerprint density at radius 3 is 2.73 bits per heavy atom. The van der Waals surface area contributed by atoms with Gasteiger partial charge in [0.25, 0.3) is 0 Å². The van der Waals surface area contributed by atoms with E-state index >= 15 is 0 Å². The fraction of sp³-hybridized carbons (Fsp3) is 0.182. The first kappa shape index (κ1) is 11.6. The summed E-state index contributed by atoms with van der Waals surface area (Å²) < 4.78 is 4.93. The van der Waals surface area contributed by atoms with Gasteiger partial charge in [-0.15, -0.1) is 11.6 Å². The highest BCUT2D eigenvalue weighted by Gasteiger charge is 2.06. The van der Waals surface area contributed by atoms with Crippen molar-refractivity contribution in [3.05, 3.63) is 29.3 Å². The maximum atomic E-state index is 10.7. The van der Waals surface area contributed by atoms with Crippen LogP contribution in [0.4, 0.5) is 0 Å². The van der Waals surface area contributed by atoms with Crippen LogP contribution in [-0.2, 0) is 0 Å². The number of allylic oxidation sites excluding steroid dienone is 1. The highest BCUT2D eigenvalue weighted by atomic mass is 35.5. The minimum atomic E-state index is -0.0531. The van der Waals surface area contributed by atoms with Gasteiger partial charge in [0.1, 0.15) is 0 Å². The molecule has 0 unspecified atom stereocenters. The Labute approximate surface area is 92.9 Å². The number of aldehydes is 1. The molecule has 0 heterocycles. The quantitative estimate of drug-likeness (QED) is 0.634. The molecule has 1 N–H and O–H groups in total. The zero-order valence-corrected chi connectivity index (χ0v) is 8.99. The summed E-state index contributed by atoms with van der Waals surface area (Å²) in [6, 6.07) is 2.95. The molecule has 0 spiro atoms. The SMILES string of the molecule is COc1cc(C=CCCl)c(C=O)cc1O. The lowest BCUT2D eigenvalue weighted by Crippen LogP contribution is -1.90. The number of benzene rings is 1. The molecule has 1 aromatic carbocycles. The zero-order chi connectivity index (χ0) is 11.3. The van der Waals surface area contributed by atoms with Crippen LogP contribution < -0.4 is 4.74 Å². The minimum absolute atomic E-state index is 0.0531. The van der Waals surface area contributed by atoms with Gasteiger partial charge in [0.2, 0.25) is 0 Å². The van der Waals surface area contributed by atoms with Gasteiger partial charge < -0.3 is 9.84 Å². The summed E-state index contributed by atoms with van der Waals surface area (Å²) in [4.78, 5) is 10.7. The molecule has 15 heavy (non-hydrogen) atoms. The zero-order valence-electron chi connectivity index (χ0n) is 8.24. The van der Waals surface area contributed by atoms with E-state index < -0.39 is 0 Å². The summed E-state index contributed by atoms with van der Waals surface area (Å²) in [7, 11) is 1.45. The Balaban J connectivity index is 3.22. The van der Waals surface area contributed by atoms with Crippen LogP contribution in [0, 0.1) is 0 Å². The molecule has 0 aromatic heterocycles. The summed E-state index contributed by atoms with van der Waals surface area (Å²) >= 11 is 5.50. The minimum Gasteiger partial charge on any atom is -0.504 e. The van der Waals surface area contributed by atoms with E-state index in [1.165, 1.54) is 13.2 Å². The third-order valence-corrected chi connectivity index (χ3v) is 2.08. The first-order valence-corrected chi connectivity index (χ1v) is 4.85. The van der Waals surface area contributed by atoms with Gasteiger partial charge in [-0.3, -0.25) is 4.79 Å². The summed E-state index contributed by atoms with van der Waals surface area (Å²) in [6.45, 7) is 0. The van der Waals surface area contributed by atoms with Gasteiger partial charge in [-0.25, -0.2) is 0 Å². The Bertz CT molecular complexity index is 386. The molecule has 0 radical (unpaired) electrons. The van der Waals surface area contributed by atoms with Crippen LogP contribution in [0.15, 0.2) is 18.2 Å². The third kappa shape index (κ3) is 2.73. The van der Waals surface area contributed by atoms with E-state index in [-0.39, 0.29) is 5.75 Å². The Morgan fingerprint density at radius 1 is 1.47 bits per heavy atom. The molecular formula is C11H11ClO3. The van der Waals surface area contributed by atoms with Crippen molar-refractivity contribution in [1.82, 2.24) is 0 Å². The number of hydrogen-bond acceptors (Lipinski definition) is 3. The second kappa shape index (κ2) is 5.41. The third-order valence-electron chi connectivity index (χ3n) is 1.90. The van der Waals surface area contributed by atoms with Crippen molar-refractivity contribution in [2.45, 2.75) is 0 Å². The van der Waals surface area contributed by atoms with Gasteiger partial charge in [0, 0.05) is 11.4 Å². The molecule has 1 rings (SSSR count). The molecule has 1 aromatic rings. The van der Waals surface area contributed by atoms with Crippen LogP contribution in [0.3, 0.4) is 0 Å². The topological polar surface area (TPSA) is 46.5 Å². The average molecular weight is 227 g/mol. The Morgan fingerprint density at radius 2 is 2.20 bits per heavy atom. The second-order valence-corrected chi connectivity index (χ2v) is 3.14. The molecule has 0 aliphatic carbocycles. The van der Waals surface area contributed by atoms with Crippen LogP contribution >= 0.6 is 11.6 Å². The monoisotopic (exact) mass is 226 g/mol. The highest BCUT2D eigenvalue weighted by molar-refractivity contribution is 6.19. The van der Waals surface area contributed by atoms with E-state index in [1.807, 2.05) is 0 Å². The molecule has 0 saturated carbocycles. The smallest absolute Gasteiger partial charge is 0.161 e. The maximum Gasteiger partial charge on any atom is 0.161 e. The predicted molar refractivity (Wildman–Crippen MR) is 59.8 cm³/mol. The summed E-state index contributed by atoms with van der Waals surface area (Å²) in [6.07, 6.45) is 4.09. The van der Waals surface area contributed by atoms with E-state index in [0.717, 1.165) is 0 Å². The van der Waals surface area contributed by atoms with Crippen molar-refractivity contribution in [1.29, 1.82) is 0 Å². The molecular weight excluding hydrogens is 216 g/mol. The van der Waals surface area contributed by atoms with Gasteiger partial charge in [0.15, 0.2) is 17.8 Å². The van der Waals surface area contributed by atoms with Crippen molar-refractivity contribution in [3.8, 4) is 11.5 Å². The number of aromatic hydroxyl groups is 1. The first-order chi connectivity index (χ1) is 7.22.